The van der Waals surface area contributed by atoms with Crippen molar-refractivity contribution in [1.29, 1.82) is 0 Å². The minimum atomic E-state index is -2.48. The van der Waals surface area contributed by atoms with Crippen LogP contribution < -0.4 is 41.2 Å². The molecule has 23 nitrogen and oxygen atoms in total. The van der Waals surface area contributed by atoms with Gasteiger partial charge in [-0.3, -0.25) is 0 Å². The van der Waals surface area contributed by atoms with Crippen molar-refractivity contribution in [2.45, 2.75) is 221 Å². The van der Waals surface area contributed by atoms with Gasteiger partial charge in [0.15, 0.2) is 14.0 Å². The van der Waals surface area contributed by atoms with Gasteiger partial charge in [0.2, 0.25) is 0 Å². The number of cyclic esters (lactones) is 1. The van der Waals surface area contributed by atoms with Crippen LogP contribution in [0.25, 0.3) is 6.08 Å². The molecule has 562 valence electrons. The second-order valence-electron chi connectivity index (χ2n) is 31.2. The average molecular weight is 1660 g/mol. The normalized spacial score (nSPS) is 25.1. The van der Waals surface area contributed by atoms with E-state index in [1.54, 1.807) is 29.8 Å². The first-order valence-electron chi connectivity index (χ1n) is 35.3. The van der Waals surface area contributed by atoms with E-state index in [2.05, 4.69) is 99.7 Å². The van der Waals surface area contributed by atoms with E-state index in [1.165, 1.54) is 30.0 Å². The van der Waals surface area contributed by atoms with E-state index in [4.69, 9.17) is 49.3 Å². The van der Waals surface area contributed by atoms with Gasteiger partial charge in [0.05, 0.1) is 19.3 Å². The molecule has 0 fully saturated rings. The zero-order valence-corrected chi connectivity index (χ0v) is 71.1. The summed E-state index contributed by atoms with van der Waals surface area (Å²) in [6.07, 6.45) is 0.798. The number of ether oxygens (including phenoxy) is 3. The molecule has 3 aliphatic heterocycles. The van der Waals surface area contributed by atoms with Gasteiger partial charge in [0, 0.05) is 21.5 Å². The van der Waals surface area contributed by atoms with Crippen LogP contribution in [-0.2, 0) is 43.4 Å². The predicted molar refractivity (Wildman–Crippen MR) is 422 cm³/mol. The Morgan fingerprint density at radius 1 is 0.760 bits per heavy atom. The molecular formula is C73H101N11O12S3Se2Si3. The number of hydrogen-bond donors (Lipinski definition) is 7. The zero-order chi connectivity index (χ0) is 75.8. The Bertz CT molecular complexity index is 4020. The van der Waals surface area contributed by atoms with E-state index < -0.39 is 159 Å². The van der Waals surface area contributed by atoms with Gasteiger partial charge < -0.3 is 24.4 Å². The molecule has 104 heavy (non-hydrogen) atoms. The molecule has 6 heterocycles. The molecule has 4 aliphatic rings. The third-order valence-corrected chi connectivity index (χ3v) is 34.8. The molecular weight excluding hydrogens is 1560 g/mol. The number of nitrogens with one attached hydrogen (secondary N) is 5. The summed E-state index contributed by atoms with van der Waals surface area (Å²) in [6.45, 7) is 33.1. The molecule has 0 saturated carbocycles. The number of pyridine rings is 1. The van der Waals surface area contributed by atoms with Crippen molar-refractivity contribution in [3.05, 3.63) is 127 Å². The van der Waals surface area contributed by atoms with Crippen LogP contribution in [0.4, 0.5) is 0 Å². The molecule has 11 unspecified atom stereocenters. The Kier molecular flexibility index (Phi) is 27.6. The zero-order valence-electron chi connectivity index (χ0n) is 62.2. The van der Waals surface area contributed by atoms with E-state index >= 15 is 19.2 Å². The molecule has 3 aromatic heterocycles. The SMILES string of the molecule is CC1NC(=O)C(C[Se]c2ccccc2)NC(=O)C(C[Se]c2ccccc2)NC(=O)C(C(C)C)NC2C=Cc3c([C@H](C)O[Si](C)(C)C(C)(C)C)cc(nc3C2O)C(=O)OC(C)C(N)C2=NC(CS2)C2N=C(c3nc(C(=O)OCC[Si](C)(C)C)cs3)CCC2(c2nc(C(=O)OCC[Si](C)(C)C)cs2)NC1=O. The third kappa shape index (κ3) is 21.1. The number of aliphatic imine (C=N–C) groups is 2. The molecule has 0 radical (unpaired) electrons. The maximum absolute atomic E-state index is 15.6. The molecule has 5 bridgehead atoms. The summed E-state index contributed by atoms with van der Waals surface area (Å²) in [5.74, 6) is -4.70. The summed E-state index contributed by atoms with van der Waals surface area (Å²) in [5.41, 5.74) is 7.38. The number of amides is 4. The number of hydrogen-bond acceptors (Lipinski definition) is 22. The summed E-state index contributed by atoms with van der Waals surface area (Å²) in [5, 5.41) is 32.9. The minimum absolute atomic E-state index is 0.0174. The first-order valence-corrected chi connectivity index (χ1v) is 52.5. The van der Waals surface area contributed by atoms with Gasteiger partial charge >= 0.3 is 423 Å². The van der Waals surface area contributed by atoms with Crippen LogP contribution in [0, 0.1) is 5.92 Å². The Labute approximate surface area is 638 Å². The number of aliphatic hydroxyl groups excluding tert-OH is 1. The van der Waals surface area contributed by atoms with Crippen LogP contribution >= 0.6 is 34.4 Å². The van der Waals surface area contributed by atoms with E-state index in [-0.39, 0.29) is 85.2 Å². The first kappa shape index (κ1) is 82.2. The number of carbonyl (C=O) groups excluding carboxylic acids is 7. The van der Waals surface area contributed by atoms with Crippen LogP contribution in [0.1, 0.15) is 139 Å². The first-order chi connectivity index (χ1) is 48.9. The van der Waals surface area contributed by atoms with Gasteiger partial charge in [-0.05, 0) is 44.1 Å². The second-order valence-corrected chi connectivity index (χ2v) is 54.5. The van der Waals surface area contributed by atoms with Crippen molar-refractivity contribution in [1.82, 2.24) is 41.5 Å². The van der Waals surface area contributed by atoms with Crippen molar-refractivity contribution in [2.24, 2.45) is 21.6 Å². The van der Waals surface area contributed by atoms with Gasteiger partial charge in [-0.1, -0.05) is 60.1 Å². The van der Waals surface area contributed by atoms with Gasteiger partial charge in [-0.2, -0.15) is 0 Å². The number of thiazole rings is 2. The van der Waals surface area contributed by atoms with Crippen molar-refractivity contribution in [3.8, 4) is 0 Å². The topological polar surface area (TPSA) is 326 Å². The summed E-state index contributed by atoms with van der Waals surface area (Å²) in [4.78, 5) is 129. The fraction of sp³-hybridized carbons (Fsp3) is 0.534. The molecule has 31 heteroatoms. The number of rotatable bonds is 20. The fourth-order valence-electron chi connectivity index (χ4n) is 11.7. The maximum atomic E-state index is 15.6. The molecule has 9 rings (SSSR count). The summed E-state index contributed by atoms with van der Waals surface area (Å²) in [6, 6.07) is 13.8. The van der Waals surface area contributed by atoms with Gasteiger partial charge in [0.1, 0.15) is 6.10 Å². The van der Waals surface area contributed by atoms with Crippen LogP contribution in [0.15, 0.2) is 93.6 Å². The van der Waals surface area contributed by atoms with Crippen molar-refractivity contribution >= 4 is 156 Å². The Hall–Kier alpha value is -5.90. The third-order valence-electron chi connectivity index (χ3n) is 19.1. The number of nitrogens with two attached hydrogens (primary N) is 1. The number of aromatic nitrogens is 3. The second kappa shape index (κ2) is 35.0. The van der Waals surface area contributed by atoms with Gasteiger partial charge in [0.25, 0.3) is 0 Å². The Morgan fingerprint density at radius 2 is 1.33 bits per heavy atom. The number of carbonyl (C=O) groups is 7. The molecule has 12 atom stereocenters. The average Bonchev–Trinajstić information content (AvgIpc) is 1.43. The van der Waals surface area contributed by atoms with E-state index in [0.29, 0.717) is 37.9 Å². The monoisotopic (exact) mass is 1660 g/mol. The molecule has 5 aromatic rings. The number of benzene rings is 2. The molecule has 4 amide bonds. The van der Waals surface area contributed by atoms with Gasteiger partial charge in [-0.15, -0.1) is 11.3 Å². The standard InChI is InChI=1S/C73H101N11O12S3Se2Si3/c1-41(2)58-65(89)80-56(40-101-46-25-21-18-22-26-46)64(88)79-55(39-100-45-23-19-17-20-24-45)63(87)75-42(3)62(86)84-73(71-83-54(38-99-71)69(91)94-32-34-103(12,13)14)30-29-50(66-82-53(37-97-66)68(90)93-31-33-102(9,10)11)78-61(73)52-36-98-67(81-52)57(74)44(5)95-70(92)51-35-48(43(4)96-104(15,16)72(6,7)8)47-27-28-49(76-58)60(85)59(47)77-51/h17-28,35,37-38,41-44,49,52,55-58,60-61,76,85H,29-34,36,39-40,74H2,1-16H3,(H,75,87)(H,79,88)(H,80,89)(H,84,86)/t42?,43-,44?,49?,52?,55?,56?,57?,58?,60?,61?,73?/m0/s1. The predicted octanol–water partition coefficient (Wildman–Crippen LogP) is 8.54. The number of nitrogens with zero attached hydrogens (tertiary/aromatic N) is 5. The number of esters is 3. The van der Waals surface area contributed by atoms with Gasteiger partial charge in [-0.25, -0.2) is 19.4 Å². The Balaban J connectivity index is 1.17. The van der Waals surface area contributed by atoms with E-state index in [9.17, 15) is 19.5 Å². The summed E-state index contributed by atoms with van der Waals surface area (Å²) < 4.78 is 26.7. The van der Waals surface area contributed by atoms with E-state index in [0.717, 1.165) is 26.3 Å². The van der Waals surface area contributed by atoms with Crippen LogP contribution in [0.5, 0.6) is 0 Å². The molecule has 2 aromatic carbocycles. The number of thioether (sulfide) groups is 1. The molecule has 8 N–H and O–H groups in total. The van der Waals surface area contributed by atoms with Crippen molar-refractivity contribution in [3.63, 3.8) is 0 Å². The molecule has 0 spiro atoms. The molecule has 1 aliphatic carbocycles. The number of fused-ring (bicyclic) bond motifs is 5. The fourth-order valence-corrected chi connectivity index (χ4v) is 21.5. The van der Waals surface area contributed by atoms with Crippen molar-refractivity contribution < 1.29 is 57.3 Å². The molecule has 0 saturated heterocycles. The summed E-state index contributed by atoms with van der Waals surface area (Å²) >= 11 is 2.93. The van der Waals surface area contributed by atoms with Crippen LogP contribution in [0.2, 0.25) is 80.1 Å². The van der Waals surface area contributed by atoms with E-state index in [1.807, 2.05) is 87.5 Å². The van der Waals surface area contributed by atoms with Crippen LogP contribution in [-0.4, -0.2) is 200 Å². The van der Waals surface area contributed by atoms with Crippen LogP contribution in [0.3, 0.4) is 0 Å². The Morgan fingerprint density at radius 3 is 1.90 bits per heavy atom. The number of aliphatic hydroxyl groups is 1. The quantitative estimate of drug-likeness (QED) is 0.0218. The van der Waals surface area contributed by atoms with Crippen molar-refractivity contribution in [2.75, 3.05) is 19.0 Å². The summed E-state index contributed by atoms with van der Waals surface area (Å²) in [7, 11) is -5.66.